The van der Waals surface area contributed by atoms with E-state index in [0.717, 1.165) is 0 Å². The van der Waals surface area contributed by atoms with E-state index in [1.165, 1.54) is 22.6 Å². The number of pyridine rings is 1. The molecule has 0 radical (unpaired) electrons. The molecule has 2 N–H and O–H groups in total. The number of rotatable bonds is 2. The highest BCUT2D eigenvalue weighted by atomic mass is 127. The van der Waals surface area contributed by atoms with Crippen molar-refractivity contribution in [3.8, 4) is 0 Å². The first-order chi connectivity index (χ1) is 6.75. The molecule has 0 bridgehead atoms. The maximum absolute atomic E-state index is 13.3. The Labute approximate surface area is 96.9 Å². The van der Waals surface area contributed by atoms with E-state index in [1.54, 1.807) is 0 Å². The van der Waals surface area contributed by atoms with Crippen LogP contribution >= 0.6 is 22.6 Å². The first-order valence-electron chi connectivity index (χ1n) is 3.40. The third-order valence-electron chi connectivity index (χ3n) is 1.46. The van der Waals surface area contributed by atoms with E-state index in [-0.39, 0.29) is 0 Å². The van der Waals surface area contributed by atoms with Gasteiger partial charge in [0.15, 0.2) is 5.82 Å². The van der Waals surface area contributed by atoms with E-state index in [0.29, 0.717) is 6.20 Å². The van der Waals surface area contributed by atoms with Crippen molar-refractivity contribution >= 4 is 32.6 Å². The van der Waals surface area contributed by atoms with Gasteiger partial charge in [0.25, 0.3) is 16.4 Å². The van der Waals surface area contributed by atoms with Crippen LogP contribution in [0.15, 0.2) is 11.2 Å². The van der Waals surface area contributed by atoms with Gasteiger partial charge in [-0.25, -0.2) is 31.7 Å². The lowest BCUT2D eigenvalue weighted by Gasteiger charge is -2.06. The van der Waals surface area contributed by atoms with Crippen molar-refractivity contribution in [3.05, 3.63) is 21.1 Å². The van der Waals surface area contributed by atoms with Crippen molar-refractivity contribution in [2.75, 3.05) is 0 Å². The highest BCUT2D eigenvalue weighted by molar-refractivity contribution is 14.1. The van der Waals surface area contributed by atoms with Crippen molar-refractivity contribution in [1.82, 2.24) is 4.98 Å². The number of sulfonamides is 1. The Morgan fingerprint density at radius 2 is 2.00 bits per heavy atom. The van der Waals surface area contributed by atoms with Gasteiger partial charge < -0.3 is 0 Å². The van der Waals surface area contributed by atoms with Gasteiger partial charge in [0.2, 0.25) is 5.03 Å². The van der Waals surface area contributed by atoms with Crippen LogP contribution in [0.25, 0.3) is 0 Å². The minimum Gasteiger partial charge on any atom is -0.240 e. The number of aromatic nitrogens is 1. The molecular weight excluding hydrogens is 348 g/mol. The quantitative estimate of drug-likeness (QED) is 0.818. The van der Waals surface area contributed by atoms with E-state index >= 15 is 0 Å². The average Bonchev–Trinajstić information content (AvgIpc) is 2.06. The average molecular weight is 352 g/mol. The van der Waals surface area contributed by atoms with Crippen LogP contribution in [-0.4, -0.2) is 13.4 Å². The molecule has 0 fully saturated rings. The molecule has 9 heteroatoms. The minimum atomic E-state index is -4.33. The highest BCUT2D eigenvalue weighted by Gasteiger charge is 2.23. The lowest BCUT2D eigenvalue weighted by atomic mass is 10.3. The summed E-state index contributed by atoms with van der Waals surface area (Å²) in [6.07, 6.45) is -2.33. The Balaban J connectivity index is 3.48. The smallest absolute Gasteiger partial charge is 0.240 e. The first kappa shape index (κ1) is 12.6. The van der Waals surface area contributed by atoms with E-state index in [4.69, 9.17) is 0 Å². The summed E-state index contributed by atoms with van der Waals surface area (Å²) in [6, 6.07) is 0. The molecule has 0 amide bonds. The first-order valence-corrected chi connectivity index (χ1v) is 6.02. The molecule has 0 aromatic carbocycles. The molecule has 84 valence electrons. The molecule has 0 aliphatic carbocycles. The number of halogens is 4. The van der Waals surface area contributed by atoms with E-state index in [9.17, 15) is 21.6 Å². The van der Waals surface area contributed by atoms with Gasteiger partial charge in [0, 0.05) is 6.20 Å². The third-order valence-corrected chi connectivity index (χ3v) is 3.38. The molecule has 1 heterocycles. The summed E-state index contributed by atoms with van der Waals surface area (Å²) < 4.78 is 58.8. The van der Waals surface area contributed by atoms with Crippen LogP contribution in [0.1, 0.15) is 12.0 Å². The summed E-state index contributed by atoms with van der Waals surface area (Å²) in [6.45, 7) is 0. The molecule has 4 nitrogen and oxygen atoms in total. The van der Waals surface area contributed by atoms with Crippen LogP contribution in [-0.2, 0) is 10.0 Å². The maximum atomic E-state index is 13.3. The number of nitrogens with zero attached hydrogens (tertiary/aromatic N) is 1. The highest BCUT2D eigenvalue weighted by Crippen LogP contribution is 2.27. The van der Waals surface area contributed by atoms with Crippen LogP contribution in [0.4, 0.5) is 13.2 Å². The van der Waals surface area contributed by atoms with Gasteiger partial charge in [0.1, 0.15) is 0 Å². The Bertz CT molecular complexity index is 491. The monoisotopic (exact) mass is 352 g/mol. The number of alkyl halides is 2. The fraction of sp³-hybridized carbons (Fsp3) is 0.167. The molecule has 15 heavy (non-hydrogen) atoms. The number of nitrogens with two attached hydrogens (primary N) is 1. The Kier molecular flexibility index (Phi) is 3.55. The SMILES string of the molecule is NS(=O)(=O)c1ncc(C(F)F)c(I)c1F. The van der Waals surface area contributed by atoms with Gasteiger partial charge >= 0.3 is 0 Å². The molecule has 0 atom stereocenters. The minimum absolute atomic E-state index is 0.498. The molecule has 0 aliphatic heterocycles. The van der Waals surface area contributed by atoms with Crippen LogP contribution in [0.2, 0.25) is 0 Å². The van der Waals surface area contributed by atoms with Gasteiger partial charge in [0.05, 0.1) is 9.13 Å². The number of primary sulfonamides is 1. The summed E-state index contributed by atoms with van der Waals surface area (Å²) in [7, 11) is -4.33. The zero-order valence-electron chi connectivity index (χ0n) is 6.92. The topological polar surface area (TPSA) is 73.1 Å². The van der Waals surface area contributed by atoms with E-state index < -0.39 is 36.4 Å². The van der Waals surface area contributed by atoms with Crippen LogP contribution < -0.4 is 5.14 Å². The molecule has 0 saturated carbocycles. The predicted octanol–water partition coefficient (Wildman–Crippen LogP) is 1.41. The summed E-state index contributed by atoms with van der Waals surface area (Å²) in [5, 5.41) is 3.60. The van der Waals surface area contributed by atoms with Crippen molar-refractivity contribution in [2.45, 2.75) is 11.5 Å². The zero-order valence-corrected chi connectivity index (χ0v) is 9.89. The van der Waals surface area contributed by atoms with Crippen LogP contribution in [0.3, 0.4) is 0 Å². The Morgan fingerprint density at radius 1 is 1.47 bits per heavy atom. The molecule has 0 unspecified atom stereocenters. The summed E-state index contributed by atoms with van der Waals surface area (Å²) >= 11 is 1.27. The predicted molar refractivity (Wildman–Crippen MR) is 53.2 cm³/mol. The molecule has 0 aliphatic rings. The van der Waals surface area contributed by atoms with Crippen molar-refractivity contribution in [2.24, 2.45) is 5.14 Å². The van der Waals surface area contributed by atoms with E-state index in [2.05, 4.69) is 10.1 Å². The standard InChI is InChI=1S/C6H4F3IN2O2S/c7-3-4(10)2(5(8)9)1-12-6(3)15(11,13)14/h1,5H,(H2,11,13,14). The second-order valence-corrected chi connectivity index (χ2v) is 5.05. The Hall–Kier alpha value is -0.420. The van der Waals surface area contributed by atoms with Crippen LogP contribution in [0.5, 0.6) is 0 Å². The fourth-order valence-corrected chi connectivity index (χ4v) is 2.18. The van der Waals surface area contributed by atoms with Gasteiger partial charge in [-0.1, -0.05) is 0 Å². The second kappa shape index (κ2) is 4.22. The molecule has 0 spiro atoms. The molecule has 1 aromatic heterocycles. The third kappa shape index (κ3) is 2.58. The second-order valence-electron chi connectivity index (χ2n) is 2.49. The fourth-order valence-electron chi connectivity index (χ4n) is 0.813. The lowest BCUT2D eigenvalue weighted by molar-refractivity contribution is 0.149. The number of hydrogen-bond acceptors (Lipinski definition) is 3. The van der Waals surface area contributed by atoms with Crippen molar-refractivity contribution in [3.63, 3.8) is 0 Å². The van der Waals surface area contributed by atoms with Crippen molar-refractivity contribution < 1.29 is 21.6 Å². The number of hydrogen-bond donors (Lipinski definition) is 1. The Morgan fingerprint density at radius 3 is 2.40 bits per heavy atom. The summed E-state index contributed by atoms with van der Waals surface area (Å²) in [5.41, 5.74) is -0.666. The van der Waals surface area contributed by atoms with Gasteiger partial charge in [-0.3, -0.25) is 0 Å². The molecular formula is C6H4F3IN2O2S. The maximum Gasteiger partial charge on any atom is 0.266 e. The van der Waals surface area contributed by atoms with Gasteiger partial charge in [-0.2, -0.15) is 0 Å². The van der Waals surface area contributed by atoms with Gasteiger partial charge in [-0.15, -0.1) is 0 Å². The lowest BCUT2D eigenvalue weighted by Crippen LogP contribution is -2.17. The van der Waals surface area contributed by atoms with Crippen LogP contribution in [0, 0.1) is 9.39 Å². The van der Waals surface area contributed by atoms with E-state index in [1.807, 2.05) is 0 Å². The summed E-state index contributed by atoms with van der Waals surface area (Å²) in [4.78, 5) is 3.06. The summed E-state index contributed by atoms with van der Waals surface area (Å²) in [5.74, 6) is -1.35. The molecule has 0 saturated heterocycles. The molecule has 1 aromatic rings. The van der Waals surface area contributed by atoms with Gasteiger partial charge in [-0.05, 0) is 22.6 Å². The zero-order chi connectivity index (χ0) is 11.8. The van der Waals surface area contributed by atoms with Crippen molar-refractivity contribution in [1.29, 1.82) is 0 Å². The normalized spacial score (nSPS) is 12.1. The largest absolute Gasteiger partial charge is 0.266 e. The molecule has 1 rings (SSSR count).